The Hall–Kier alpha value is -0.610. The topological polar surface area (TPSA) is 41.6 Å². The summed E-state index contributed by atoms with van der Waals surface area (Å²) in [6, 6.07) is 0.265. The second-order valence-corrected chi connectivity index (χ2v) is 5.65. The van der Waals surface area contributed by atoms with Crippen LogP contribution in [-0.4, -0.2) is 49.2 Å². The summed E-state index contributed by atoms with van der Waals surface area (Å²) in [4.78, 5) is 14.2. The van der Waals surface area contributed by atoms with Crippen molar-refractivity contribution in [2.45, 2.75) is 65.0 Å². The van der Waals surface area contributed by atoms with Gasteiger partial charge in [0.05, 0.1) is 6.10 Å². The highest BCUT2D eigenvalue weighted by Gasteiger charge is 2.19. The van der Waals surface area contributed by atoms with Gasteiger partial charge in [0, 0.05) is 12.6 Å². The second-order valence-electron chi connectivity index (χ2n) is 5.65. The van der Waals surface area contributed by atoms with Crippen molar-refractivity contribution >= 4 is 5.91 Å². The third-order valence-electron chi connectivity index (χ3n) is 3.67. The Labute approximate surface area is 117 Å². The van der Waals surface area contributed by atoms with Crippen molar-refractivity contribution in [3.63, 3.8) is 0 Å². The van der Waals surface area contributed by atoms with Gasteiger partial charge >= 0.3 is 0 Å². The molecule has 0 radical (unpaired) electrons. The minimum absolute atomic E-state index is 0.143. The van der Waals surface area contributed by atoms with Crippen molar-refractivity contribution in [2.24, 2.45) is 0 Å². The van der Waals surface area contributed by atoms with Gasteiger partial charge in [-0.1, -0.05) is 19.8 Å². The number of carbonyl (C=O) groups is 1. The normalized spacial score (nSPS) is 16.8. The van der Waals surface area contributed by atoms with Crippen LogP contribution >= 0.6 is 0 Å². The van der Waals surface area contributed by atoms with Crippen LogP contribution in [0.3, 0.4) is 0 Å². The molecule has 1 rings (SSSR count). The summed E-state index contributed by atoms with van der Waals surface area (Å²) in [5, 5.41) is 3.30. The molecule has 1 amide bonds. The zero-order valence-corrected chi connectivity index (χ0v) is 12.8. The maximum atomic E-state index is 12.2. The van der Waals surface area contributed by atoms with E-state index in [1.165, 1.54) is 12.8 Å². The van der Waals surface area contributed by atoms with E-state index >= 15 is 0 Å². The van der Waals surface area contributed by atoms with Crippen LogP contribution in [0.4, 0.5) is 0 Å². The van der Waals surface area contributed by atoms with Gasteiger partial charge in [-0.2, -0.15) is 0 Å². The Morgan fingerprint density at radius 2 is 2.00 bits per heavy atom. The first kappa shape index (κ1) is 16.4. The van der Waals surface area contributed by atoms with Gasteiger partial charge in [-0.15, -0.1) is 0 Å². The number of amides is 1. The van der Waals surface area contributed by atoms with E-state index in [0.29, 0.717) is 0 Å². The van der Waals surface area contributed by atoms with E-state index in [1.807, 2.05) is 4.90 Å². The summed E-state index contributed by atoms with van der Waals surface area (Å²) >= 11 is 0. The molecule has 112 valence electrons. The van der Waals surface area contributed by atoms with Crippen molar-refractivity contribution in [2.75, 3.05) is 26.2 Å². The van der Waals surface area contributed by atoms with Gasteiger partial charge in [0.1, 0.15) is 6.61 Å². The maximum absolute atomic E-state index is 12.2. The lowest BCUT2D eigenvalue weighted by atomic mass is 10.1. The van der Waals surface area contributed by atoms with E-state index in [0.717, 1.165) is 38.9 Å². The van der Waals surface area contributed by atoms with E-state index in [9.17, 15) is 4.79 Å². The lowest BCUT2D eigenvalue weighted by molar-refractivity contribution is -0.140. The number of ether oxygens (including phenoxy) is 1. The third kappa shape index (κ3) is 6.39. The number of hydrogen-bond acceptors (Lipinski definition) is 3. The first-order chi connectivity index (χ1) is 9.15. The summed E-state index contributed by atoms with van der Waals surface area (Å²) in [7, 11) is 0. The molecule has 0 spiro atoms. The molecule has 1 N–H and O–H groups in total. The Balaban J connectivity index is 2.29. The van der Waals surface area contributed by atoms with Gasteiger partial charge in [0.25, 0.3) is 0 Å². The minimum Gasteiger partial charge on any atom is -0.368 e. The van der Waals surface area contributed by atoms with E-state index in [-0.39, 0.29) is 24.7 Å². The van der Waals surface area contributed by atoms with Crippen LogP contribution in [-0.2, 0) is 9.53 Å². The molecule has 1 aliphatic rings. The lowest BCUT2D eigenvalue weighted by Crippen LogP contribution is -2.41. The van der Waals surface area contributed by atoms with E-state index in [4.69, 9.17) is 4.74 Å². The fourth-order valence-electron chi connectivity index (χ4n) is 2.44. The molecular weight excluding hydrogens is 240 g/mol. The van der Waals surface area contributed by atoms with Gasteiger partial charge in [-0.05, 0) is 46.2 Å². The zero-order chi connectivity index (χ0) is 14.1. The van der Waals surface area contributed by atoms with Crippen molar-refractivity contribution in [1.29, 1.82) is 0 Å². The molecule has 1 saturated heterocycles. The Bertz CT molecular complexity index is 251. The lowest BCUT2D eigenvalue weighted by Gasteiger charge is -2.28. The number of piperidine rings is 1. The van der Waals surface area contributed by atoms with Crippen LogP contribution in [0.25, 0.3) is 0 Å². The first-order valence-electron chi connectivity index (χ1n) is 7.77. The summed E-state index contributed by atoms with van der Waals surface area (Å²) in [5.41, 5.74) is 0. The fourth-order valence-corrected chi connectivity index (χ4v) is 2.44. The summed E-state index contributed by atoms with van der Waals surface area (Å²) in [6.07, 6.45) is 5.76. The SMILES string of the molecule is CCCCCN(C(=O)COC1CCNCC1)C(C)C. The second kappa shape index (κ2) is 9.32. The highest BCUT2D eigenvalue weighted by Crippen LogP contribution is 2.09. The highest BCUT2D eigenvalue weighted by atomic mass is 16.5. The smallest absolute Gasteiger partial charge is 0.248 e. The molecule has 1 heterocycles. The van der Waals surface area contributed by atoms with Crippen molar-refractivity contribution in [3.8, 4) is 0 Å². The fraction of sp³-hybridized carbons (Fsp3) is 0.933. The average Bonchev–Trinajstić information content (AvgIpc) is 2.42. The van der Waals surface area contributed by atoms with Crippen molar-refractivity contribution in [1.82, 2.24) is 10.2 Å². The molecule has 4 heteroatoms. The van der Waals surface area contributed by atoms with Gasteiger partial charge in [-0.25, -0.2) is 0 Å². The van der Waals surface area contributed by atoms with Crippen molar-refractivity contribution in [3.05, 3.63) is 0 Å². The predicted octanol–water partition coefficient (Wildman–Crippen LogP) is 2.18. The van der Waals surface area contributed by atoms with Gasteiger partial charge in [0.15, 0.2) is 0 Å². The van der Waals surface area contributed by atoms with Gasteiger partial charge in [0.2, 0.25) is 5.91 Å². The number of nitrogens with one attached hydrogen (secondary N) is 1. The van der Waals surface area contributed by atoms with E-state index < -0.39 is 0 Å². The molecule has 1 fully saturated rings. The van der Waals surface area contributed by atoms with Crippen LogP contribution in [0.15, 0.2) is 0 Å². The standard InChI is InChI=1S/C15H30N2O2/c1-4-5-6-11-17(13(2)3)15(18)12-19-14-7-9-16-10-8-14/h13-14,16H,4-12H2,1-3H3. The molecule has 0 saturated carbocycles. The van der Waals surface area contributed by atoms with Crippen LogP contribution in [0.5, 0.6) is 0 Å². The molecule has 0 bridgehead atoms. The summed E-state index contributed by atoms with van der Waals surface area (Å²) in [6.45, 7) is 9.45. The molecule has 4 nitrogen and oxygen atoms in total. The molecule has 0 aromatic rings. The molecule has 0 aliphatic carbocycles. The number of unbranched alkanes of at least 4 members (excludes halogenated alkanes) is 2. The van der Waals surface area contributed by atoms with Gasteiger partial charge < -0.3 is 15.0 Å². The minimum atomic E-state index is 0.143. The van der Waals surface area contributed by atoms with Crippen LogP contribution in [0, 0.1) is 0 Å². The molecule has 0 unspecified atom stereocenters. The van der Waals surface area contributed by atoms with Crippen LogP contribution < -0.4 is 5.32 Å². The molecule has 0 atom stereocenters. The van der Waals surface area contributed by atoms with Crippen molar-refractivity contribution < 1.29 is 9.53 Å². The Kier molecular flexibility index (Phi) is 8.07. The molecule has 0 aromatic carbocycles. The molecule has 0 aromatic heterocycles. The number of nitrogens with zero attached hydrogens (tertiary/aromatic N) is 1. The quantitative estimate of drug-likeness (QED) is 0.687. The summed E-state index contributed by atoms with van der Waals surface area (Å²) < 4.78 is 5.75. The molecular formula is C15H30N2O2. The Morgan fingerprint density at radius 1 is 1.32 bits per heavy atom. The van der Waals surface area contributed by atoms with Gasteiger partial charge in [-0.3, -0.25) is 4.79 Å². The monoisotopic (exact) mass is 270 g/mol. The Morgan fingerprint density at radius 3 is 2.58 bits per heavy atom. The van der Waals surface area contributed by atoms with E-state index in [2.05, 4.69) is 26.1 Å². The van der Waals surface area contributed by atoms with E-state index in [1.54, 1.807) is 0 Å². The highest BCUT2D eigenvalue weighted by molar-refractivity contribution is 5.77. The third-order valence-corrected chi connectivity index (χ3v) is 3.67. The number of rotatable bonds is 8. The van der Waals surface area contributed by atoms with Crippen LogP contribution in [0.1, 0.15) is 52.9 Å². The number of hydrogen-bond donors (Lipinski definition) is 1. The first-order valence-corrected chi connectivity index (χ1v) is 7.77. The molecule has 1 aliphatic heterocycles. The predicted molar refractivity (Wildman–Crippen MR) is 78.2 cm³/mol. The largest absolute Gasteiger partial charge is 0.368 e. The molecule has 19 heavy (non-hydrogen) atoms. The zero-order valence-electron chi connectivity index (χ0n) is 12.8. The maximum Gasteiger partial charge on any atom is 0.248 e. The average molecular weight is 270 g/mol. The van der Waals surface area contributed by atoms with Crippen LogP contribution in [0.2, 0.25) is 0 Å². The number of carbonyl (C=O) groups excluding carboxylic acids is 1. The summed E-state index contributed by atoms with van der Waals surface area (Å²) in [5.74, 6) is 0.143.